The number of aryl methyl sites for hydroxylation is 1. The zero-order valence-corrected chi connectivity index (χ0v) is 16.7. The van der Waals surface area contributed by atoms with Gasteiger partial charge in [0.15, 0.2) is 0 Å². The van der Waals surface area contributed by atoms with E-state index in [9.17, 15) is 4.79 Å². The van der Waals surface area contributed by atoms with E-state index >= 15 is 0 Å². The van der Waals surface area contributed by atoms with Crippen LogP contribution in [0.5, 0.6) is 0 Å². The molecule has 1 saturated heterocycles. The molecule has 0 spiro atoms. The fraction of sp³-hybridized carbons (Fsp3) is 0.476. The second-order valence-electron chi connectivity index (χ2n) is 8.06. The van der Waals surface area contributed by atoms with Gasteiger partial charge in [0, 0.05) is 24.7 Å². The molecule has 0 saturated carbocycles. The van der Waals surface area contributed by atoms with Crippen LogP contribution in [0.3, 0.4) is 0 Å². The van der Waals surface area contributed by atoms with E-state index in [1.807, 2.05) is 38.7 Å². The zero-order chi connectivity index (χ0) is 18.9. The molecule has 1 aromatic carbocycles. The van der Waals surface area contributed by atoms with Crippen LogP contribution in [0.15, 0.2) is 30.3 Å². The molecule has 26 heavy (non-hydrogen) atoms. The largest absolute Gasteiger partial charge is 0.444 e. The molecule has 2 aromatic rings. The first-order chi connectivity index (χ1) is 12.2. The maximum absolute atomic E-state index is 12.4. The molecule has 1 aromatic heterocycles. The lowest BCUT2D eigenvalue weighted by Crippen LogP contribution is -2.42. The molecule has 1 N–H and O–H groups in total. The lowest BCUT2D eigenvalue weighted by molar-refractivity contribution is 0.0198. The Morgan fingerprint density at radius 1 is 1.27 bits per heavy atom. The van der Waals surface area contributed by atoms with Crippen molar-refractivity contribution < 1.29 is 9.53 Å². The summed E-state index contributed by atoms with van der Waals surface area (Å²) in [4.78, 5) is 17.4. The number of hydrogen-bond donors (Lipinski definition) is 1. The summed E-state index contributed by atoms with van der Waals surface area (Å²) in [5.74, 6) is 0.346. The van der Waals surface area contributed by atoms with Gasteiger partial charge in [-0.3, -0.25) is 0 Å². The number of piperidine rings is 1. The summed E-state index contributed by atoms with van der Waals surface area (Å²) in [7, 11) is 0. The van der Waals surface area contributed by atoms with Crippen molar-refractivity contribution in [3.63, 3.8) is 0 Å². The Hall–Kier alpha value is -1.94. The van der Waals surface area contributed by atoms with Crippen molar-refractivity contribution in [2.24, 2.45) is 0 Å². The minimum absolute atomic E-state index is 0.213. The second kappa shape index (κ2) is 7.36. The van der Waals surface area contributed by atoms with Crippen molar-refractivity contribution in [3.05, 3.63) is 46.6 Å². The van der Waals surface area contributed by atoms with E-state index in [1.54, 1.807) is 0 Å². The minimum Gasteiger partial charge on any atom is -0.444 e. The van der Waals surface area contributed by atoms with Gasteiger partial charge < -0.3 is 14.6 Å². The molecule has 1 amide bonds. The van der Waals surface area contributed by atoms with Gasteiger partial charge in [0.25, 0.3) is 0 Å². The molecule has 140 valence electrons. The van der Waals surface area contributed by atoms with Crippen molar-refractivity contribution in [2.45, 2.75) is 52.1 Å². The van der Waals surface area contributed by atoms with Crippen LogP contribution in [0.4, 0.5) is 4.79 Å². The van der Waals surface area contributed by atoms with E-state index in [1.165, 1.54) is 5.56 Å². The van der Waals surface area contributed by atoms with Crippen molar-refractivity contribution in [1.82, 2.24) is 9.88 Å². The molecule has 0 bridgehead atoms. The van der Waals surface area contributed by atoms with E-state index in [0.29, 0.717) is 17.6 Å². The number of hydrogen-bond acceptors (Lipinski definition) is 2. The number of carbonyl (C=O) groups excluding carboxylic acids is 1. The molecule has 5 heteroatoms. The van der Waals surface area contributed by atoms with Gasteiger partial charge in [0.05, 0.1) is 0 Å². The number of benzene rings is 1. The number of ether oxygens (including phenoxy) is 1. The molecule has 1 aliphatic heterocycles. The SMILES string of the molecule is Cc1cc(Cl)[nH]c1-c1ccc(C2CCCN(C(=O)OC(C)(C)C)C2)cc1. The highest BCUT2D eigenvalue weighted by atomic mass is 35.5. The van der Waals surface area contributed by atoms with Gasteiger partial charge in [-0.15, -0.1) is 0 Å². The average molecular weight is 375 g/mol. The quantitative estimate of drug-likeness (QED) is 0.726. The third kappa shape index (κ3) is 4.42. The highest BCUT2D eigenvalue weighted by Gasteiger charge is 2.28. The summed E-state index contributed by atoms with van der Waals surface area (Å²) in [6.45, 7) is 9.23. The van der Waals surface area contributed by atoms with Crippen LogP contribution >= 0.6 is 11.6 Å². The minimum atomic E-state index is -0.457. The third-order valence-corrected chi connectivity index (χ3v) is 4.93. The van der Waals surface area contributed by atoms with Gasteiger partial charge in [-0.25, -0.2) is 4.79 Å². The van der Waals surface area contributed by atoms with E-state index in [-0.39, 0.29) is 6.09 Å². The van der Waals surface area contributed by atoms with Crippen LogP contribution in [0.2, 0.25) is 5.15 Å². The molecular weight excluding hydrogens is 348 g/mol. The summed E-state index contributed by atoms with van der Waals surface area (Å²) in [5.41, 5.74) is 4.12. The van der Waals surface area contributed by atoms with Crippen LogP contribution in [0.1, 0.15) is 50.7 Å². The molecule has 1 atom stereocenters. The summed E-state index contributed by atoms with van der Waals surface area (Å²) in [5, 5.41) is 0.654. The average Bonchev–Trinajstić information content (AvgIpc) is 2.92. The highest BCUT2D eigenvalue weighted by Crippen LogP contribution is 2.31. The topological polar surface area (TPSA) is 45.3 Å². The van der Waals surface area contributed by atoms with Gasteiger partial charge in [0.2, 0.25) is 0 Å². The smallest absolute Gasteiger partial charge is 0.410 e. The van der Waals surface area contributed by atoms with Crippen LogP contribution < -0.4 is 0 Å². The van der Waals surface area contributed by atoms with E-state index < -0.39 is 5.60 Å². The van der Waals surface area contributed by atoms with E-state index in [0.717, 1.165) is 36.2 Å². The number of nitrogens with one attached hydrogen (secondary N) is 1. The van der Waals surface area contributed by atoms with E-state index in [4.69, 9.17) is 16.3 Å². The number of H-pyrrole nitrogens is 1. The van der Waals surface area contributed by atoms with Crippen molar-refractivity contribution >= 4 is 17.7 Å². The maximum Gasteiger partial charge on any atom is 0.410 e. The Morgan fingerprint density at radius 2 is 1.96 bits per heavy atom. The zero-order valence-electron chi connectivity index (χ0n) is 15.9. The van der Waals surface area contributed by atoms with Crippen LogP contribution in [-0.2, 0) is 4.74 Å². The Bertz CT molecular complexity index is 774. The van der Waals surface area contributed by atoms with Gasteiger partial charge in [-0.1, -0.05) is 35.9 Å². The molecular formula is C21H27ClN2O2. The van der Waals surface area contributed by atoms with Crippen molar-refractivity contribution in [2.75, 3.05) is 13.1 Å². The number of aromatic nitrogens is 1. The van der Waals surface area contributed by atoms with Gasteiger partial charge in [-0.05, 0) is 63.3 Å². The molecule has 4 nitrogen and oxygen atoms in total. The highest BCUT2D eigenvalue weighted by molar-refractivity contribution is 6.29. The van der Waals surface area contributed by atoms with Gasteiger partial charge >= 0.3 is 6.09 Å². The molecule has 2 heterocycles. The molecule has 1 fully saturated rings. The first kappa shape index (κ1) is 18.8. The molecule has 3 rings (SSSR count). The fourth-order valence-corrected chi connectivity index (χ4v) is 3.74. The molecule has 1 aliphatic rings. The van der Waals surface area contributed by atoms with E-state index in [2.05, 4.69) is 29.2 Å². The first-order valence-corrected chi connectivity index (χ1v) is 9.54. The molecule has 1 unspecified atom stereocenters. The van der Waals surface area contributed by atoms with Crippen LogP contribution in [-0.4, -0.2) is 34.7 Å². The third-order valence-electron chi connectivity index (χ3n) is 4.73. The lowest BCUT2D eigenvalue weighted by atomic mass is 9.90. The number of carbonyl (C=O) groups is 1. The monoisotopic (exact) mass is 374 g/mol. The lowest BCUT2D eigenvalue weighted by Gasteiger charge is -2.34. The number of rotatable bonds is 2. The Balaban J connectivity index is 1.71. The fourth-order valence-electron chi connectivity index (χ4n) is 3.48. The summed E-state index contributed by atoms with van der Waals surface area (Å²) >= 11 is 6.06. The molecule has 0 radical (unpaired) electrons. The summed E-state index contributed by atoms with van der Waals surface area (Å²) in [6.07, 6.45) is 1.87. The summed E-state index contributed by atoms with van der Waals surface area (Å²) in [6, 6.07) is 10.5. The number of amides is 1. The molecule has 0 aliphatic carbocycles. The van der Waals surface area contributed by atoms with Crippen LogP contribution in [0, 0.1) is 6.92 Å². The Labute approximate surface area is 160 Å². The standard InChI is InChI=1S/C21H27ClN2O2/c1-14-12-18(22)23-19(14)16-9-7-15(8-10-16)17-6-5-11-24(13-17)20(25)26-21(2,3)4/h7-10,12,17,23H,5-6,11,13H2,1-4H3. The maximum atomic E-state index is 12.4. The van der Waals surface area contributed by atoms with Crippen molar-refractivity contribution in [3.8, 4) is 11.3 Å². The van der Waals surface area contributed by atoms with Crippen molar-refractivity contribution in [1.29, 1.82) is 0 Å². The number of aromatic amines is 1. The summed E-state index contributed by atoms with van der Waals surface area (Å²) < 4.78 is 5.52. The van der Waals surface area contributed by atoms with Gasteiger partial charge in [-0.2, -0.15) is 0 Å². The normalized spacial score (nSPS) is 18.0. The number of halogens is 1. The predicted octanol–water partition coefficient (Wildman–Crippen LogP) is 5.76. The Kier molecular flexibility index (Phi) is 5.33. The number of likely N-dealkylation sites (tertiary alicyclic amines) is 1. The van der Waals surface area contributed by atoms with Gasteiger partial charge in [0.1, 0.15) is 10.8 Å². The number of nitrogens with zero attached hydrogens (tertiary/aromatic N) is 1. The second-order valence-corrected chi connectivity index (χ2v) is 8.47. The first-order valence-electron chi connectivity index (χ1n) is 9.16. The predicted molar refractivity (Wildman–Crippen MR) is 106 cm³/mol. The van der Waals surface area contributed by atoms with Crippen LogP contribution in [0.25, 0.3) is 11.3 Å². The Morgan fingerprint density at radius 3 is 2.54 bits per heavy atom.